The maximum Gasteiger partial charge on any atom is 0.112 e. The van der Waals surface area contributed by atoms with Crippen molar-refractivity contribution in [2.24, 2.45) is 11.8 Å². The number of alkyl halides is 2. The van der Waals surface area contributed by atoms with Gasteiger partial charge in [-0.25, -0.2) is 0 Å². The van der Waals surface area contributed by atoms with Gasteiger partial charge in [0.05, 0.1) is 10.1 Å². The van der Waals surface area contributed by atoms with E-state index in [0.717, 1.165) is 6.42 Å². The van der Waals surface area contributed by atoms with Crippen LogP contribution < -0.4 is 0 Å². The van der Waals surface area contributed by atoms with Crippen LogP contribution in [-0.4, -0.2) is 21.0 Å². The lowest BCUT2D eigenvalue weighted by atomic mass is 10.0. The molecule has 1 unspecified atom stereocenters. The summed E-state index contributed by atoms with van der Waals surface area (Å²) in [4.78, 5) is -1.80. The summed E-state index contributed by atoms with van der Waals surface area (Å²) < 4.78 is 0. The number of halogens is 4. The standard InChI is InChI=1S/C8H6Cl4O/c9-4-5(10)8(12)3-1-2(3)7(4,11)6(8)13/h2-3,6,13H,1H2/t2-,3+,6?,7-,8+. The van der Waals surface area contributed by atoms with Gasteiger partial charge in [0, 0.05) is 0 Å². The third-order valence-electron chi connectivity index (χ3n) is 3.53. The Labute approximate surface area is 95.6 Å². The Morgan fingerprint density at radius 2 is 1.46 bits per heavy atom. The quantitative estimate of drug-likeness (QED) is 0.664. The first-order valence-electron chi connectivity index (χ1n) is 4.07. The fraction of sp³-hybridized carbons (Fsp3) is 0.750. The van der Waals surface area contributed by atoms with Gasteiger partial charge < -0.3 is 5.11 Å². The van der Waals surface area contributed by atoms with Gasteiger partial charge in [0.25, 0.3) is 0 Å². The topological polar surface area (TPSA) is 20.2 Å². The second kappa shape index (κ2) is 2.17. The van der Waals surface area contributed by atoms with Crippen LogP contribution in [0.4, 0.5) is 0 Å². The molecule has 0 amide bonds. The minimum Gasteiger partial charge on any atom is -0.389 e. The van der Waals surface area contributed by atoms with Crippen LogP contribution >= 0.6 is 46.4 Å². The Bertz CT molecular complexity index is 311. The highest BCUT2D eigenvalue weighted by atomic mass is 35.5. The van der Waals surface area contributed by atoms with E-state index < -0.39 is 15.9 Å². The number of hydrogen-bond acceptors (Lipinski definition) is 1. The van der Waals surface area contributed by atoms with Gasteiger partial charge in [0.15, 0.2) is 0 Å². The van der Waals surface area contributed by atoms with E-state index in [1.807, 2.05) is 0 Å². The van der Waals surface area contributed by atoms with Gasteiger partial charge in [0.1, 0.15) is 15.9 Å². The Hall–Kier alpha value is 0.860. The van der Waals surface area contributed by atoms with Crippen LogP contribution in [0, 0.1) is 11.8 Å². The SMILES string of the molecule is OC1[C@]2(Cl)C(Cl)=C(Cl)[C@@]1(Cl)[C@H]1C[C@H]12. The minimum absolute atomic E-state index is 0.205. The van der Waals surface area contributed by atoms with Crippen molar-refractivity contribution in [3.63, 3.8) is 0 Å². The summed E-state index contributed by atoms with van der Waals surface area (Å²) in [6.07, 6.45) is 0.0725. The lowest BCUT2D eigenvalue weighted by Gasteiger charge is -2.26. The van der Waals surface area contributed by atoms with Gasteiger partial charge in [-0.3, -0.25) is 0 Å². The van der Waals surface area contributed by atoms with Crippen molar-refractivity contribution in [2.45, 2.75) is 22.3 Å². The van der Waals surface area contributed by atoms with E-state index >= 15 is 0 Å². The number of rotatable bonds is 0. The first-order chi connectivity index (χ1) is 5.95. The first-order valence-corrected chi connectivity index (χ1v) is 5.58. The Kier molecular flexibility index (Phi) is 1.52. The molecule has 1 N–H and O–H groups in total. The molecule has 5 atom stereocenters. The fourth-order valence-corrected chi connectivity index (χ4v) is 4.70. The molecule has 0 aliphatic heterocycles. The van der Waals surface area contributed by atoms with Crippen molar-refractivity contribution < 1.29 is 5.11 Å². The molecule has 2 bridgehead atoms. The zero-order chi connectivity index (χ0) is 9.59. The van der Waals surface area contributed by atoms with Crippen LogP contribution in [0.25, 0.3) is 0 Å². The van der Waals surface area contributed by atoms with Crippen LogP contribution in [0.1, 0.15) is 6.42 Å². The van der Waals surface area contributed by atoms with Crippen molar-refractivity contribution in [2.75, 3.05) is 0 Å². The fourth-order valence-electron chi connectivity index (χ4n) is 2.74. The molecule has 72 valence electrons. The van der Waals surface area contributed by atoms with Crippen LogP contribution in [0.3, 0.4) is 0 Å². The van der Waals surface area contributed by atoms with Crippen molar-refractivity contribution in [1.29, 1.82) is 0 Å². The van der Waals surface area contributed by atoms with E-state index in [1.165, 1.54) is 0 Å². The number of aliphatic hydroxyl groups is 1. The maximum absolute atomic E-state index is 9.91. The molecule has 2 fully saturated rings. The molecular weight excluding hydrogens is 254 g/mol. The second-order valence-corrected chi connectivity index (χ2v) is 6.02. The Morgan fingerprint density at radius 3 is 1.77 bits per heavy atom. The molecule has 3 aliphatic rings. The number of hydrogen-bond donors (Lipinski definition) is 1. The highest BCUT2D eigenvalue weighted by molar-refractivity contribution is 6.52. The largest absolute Gasteiger partial charge is 0.389 e. The zero-order valence-electron chi connectivity index (χ0n) is 6.40. The number of aliphatic hydroxyl groups excluding tert-OH is 1. The van der Waals surface area contributed by atoms with E-state index in [9.17, 15) is 5.11 Å². The lowest BCUT2D eigenvalue weighted by molar-refractivity contribution is 0.137. The summed E-state index contributed by atoms with van der Waals surface area (Å²) in [6.45, 7) is 0. The highest BCUT2D eigenvalue weighted by Gasteiger charge is 2.80. The average Bonchev–Trinajstić information content (AvgIpc) is 2.84. The van der Waals surface area contributed by atoms with Crippen molar-refractivity contribution >= 4 is 46.4 Å². The summed E-state index contributed by atoms with van der Waals surface area (Å²) in [5.41, 5.74) is 0. The molecular formula is C8H6Cl4O. The predicted octanol–water partition coefficient (Wildman–Crippen LogP) is 2.66. The first kappa shape index (κ1) is 9.11. The summed E-state index contributed by atoms with van der Waals surface area (Å²) in [7, 11) is 0. The zero-order valence-corrected chi connectivity index (χ0v) is 9.42. The Morgan fingerprint density at radius 1 is 1.08 bits per heavy atom. The molecule has 0 aromatic carbocycles. The van der Waals surface area contributed by atoms with Gasteiger partial charge >= 0.3 is 0 Å². The third-order valence-corrected chi connectivity index (χ3v) is 6.18. The van der Waals surface area contributed by atoms with E-state index in [4.69, 9.17) is 46.4 Å². The molecule has 0 spiro atoms. The lowest BCUT2D eigenvalue weighted by Crippen LogP contribution is -2.40. The summed E-state index contributed by atoms with van der Waals surface area (Å²) >= 11 is 24.5. The molecule has 3 rings (SSSR count). The minimum atomic E-state index is -0.898. The number of fused-ring (bicyclic) bond motifs is 5. The smallest absolute Gasteiger partial charge is 0.112 e. The van der Waals surface area contributed by atoms with E-state index in [2.05, 4.69) is 0 Å². The molecule has 0 saturated heterocycles. The highest BCUT2D eigenvalue weighted by Crippen LogP contribution is 2.76. The third kappa shape index (κ3) is 0.691. The van der Waals surface area contributed by atoms with E-state index in [1.54, 1.807) is 0 Å². The maximum atomic E-state index is 9.91. The molecule has 0 radical (unpaired) electrons. The normalized spacial score (nSPS) is 63.0. The van der Waals surface area contributed by atoms with E-state index in [-0.39, 0.29) is 11.8 Å². The molecule has 5 heteroatoms. The monoisotopic (exact) mass is 258 g/mol. The summed E-state index contributed by atoms with van der Waals surface area (Å²) in [6, 6.07) is 0. The van der Waals surface area contributed by atoms with Crippen molar-refractivity contribution in [3.8, 4) is 0 Å². The molecule has 2 saturated carbocycles. The second-order valence-electron chi connectivity index (χ2n) is 4.02. The van der Waals surface area contributed by atoms with Crippen LogP contribution in [0.5, 0.6) is 0 Å². The van der Waals surface area contributed by atoms with Crippen LogP contribution in [0.15, 0.2) is 10.1 Å². The molecule has 0 aromatic heterocycles. The van der Waals surface area contributed by atoms with Gasteiger partial charge in [0.2, 0.25) is 0 Å². The molecule has 1 nitrogen and oxygen atoms in total. The average molecular weight is 260 g/mol. The molecule has 0 aromatic rings. The predicted molar refractivity (Wildman–Crippen MR) is 53.5 cm³/mol. The van der Waals surface area contributed by atoms with Crippen molar-refractivity contribution in [1.82, 2.24) is 0 Å². The van der Waals surface area contributed by atoms with Gasteiger partial charge in [-0.1, -0.05) is 23.2 Å². The summed E-state index contributed by atoms with van der Waals surface area (Å²) in [5, 5.41) is 10.6. The van der Waals surface area contributed by atoms with Crippen LogP contribution in [0.2, 0.25) is 0 Å². The van der Waals surface area contributed by atoms with Gasteiger partial charge in [-0.2, -0.15) is 0 Å². The molecule has 3 aliphatic carbocycles. The van der Waals surface area contributed by atoms with E-state index in [0.29, 0.717) is 10.1 Å². The van der Waals surface area contributed by atoms with Crippen molar-refractivity contribution in [3.05, 3.63) is 10.1 Å². The van der Waals surface area contributed by atoms with Gasteiger partial charge in [-0.15, -0.1) is 23.2 Å². The Balaban J connectivity index is 2.26. The van der Waals surface area contributed by atoms with Gasteiger partial charge in [-0.05, 0) is 18.3 Å². The molecule has 0 heterocycles. The van der Waals surface area contributed by atoms with Crippen LogP contribution in [-0.2, 0) is 0 Å². The molecule has 13 heavy (non-hydrogen) atoms. The summed E-state index contributed by atoms with van der Waals surface area (Å²) in [5.74, 6) is 0.410.